The molecule has 0 radical (unpaired) electrons. The molecule has 152 valence electrons. The van der Waals surface area contributed by atoms with Gasteiger partial charge < -0.3 is 19.9 Å². The molecule has 2 rings (SSSR count). The third-order valence-electron chi connectivity index (χ3n) is 4.86. The lowest BCUT2D eigenvalue weighted by Crippen LogP contribution is -2.50. The molecule has 0 bridgehead atoms. The second kappa shape index (κ2) is 9.87. The lowest BCUT2D eigenvalue weighted by molar-refractivity contribution is -0.149. The number of carbonyl (C=O) groups excluding carboxylic acids is 4. The van der Waals surface area contributed by atoms with E-state index in [0.29, 0.717) is 31.9 Å². The first-order valence-electron chi connectivity index (χ1n) is 9.33. The Hall–Kier alpha value is -2.90. The summed E-state index contributed by atoms with van der Waals surface area (Å²) in [5.74, 6) is -1.17. The van der Waals surface area contributed by atoms with Gasteiger partial charge in [0.1, 0.15) is 0 Å². The van der Waals surface area contributed by atoms with Crippen molar-refractivity contribution >= 4 is 29.4 Å². The standard InChI is InChI=1S/C20H27N3O5/c1-14-5-4-6-17(15(14)2)21-18(25)13-28-20(27)8-7-19(26)23-11-9-22(10-12-23)16(3)24/h4-6H,7-13H2,1-3H3,(H,21,25). The van der Waals surface area contributed by atoms with Crippen LogP contribution in [0.15, 0.2) is 18.2 Å². The van der Waals surface area contributed by atoms with Gasteiger partial charge in [0.25, 0.3) is 5.91 Å². The lowest BCUT2D eigenvalue weighted by atomic mass is 10.1. The third kappa shape index (κ3) is 6.07. The van der Waals surface area contributed by atoms with Gasteiger partial charge >= 0.3 is 5.97 Å². The molecule has 1 heterocycles. The summed E-state index contributed by atoms with van der Waals surface area (Å²) in [6.45, 7) is 6.90. The first-order valence-corrected chi connectivity index (χ1v) is 9.33. The van der Waals surface area contributed by atoms with Crippen LogP contribution in [-0.2, 0) is 23.9 Å². The zero-order valence-corrected chi connectivity index (χ0v) is 16.6. The summed E-state index contributed by atoms with van der Waals surface area (Å²) in [5.41, 5.74) is 2.69. The van der Waals surface area contributed by atoms with E-state index in [1.807, 2.05) is 26.0 Å². The SMILES string of the molecule is CC(=O)N1CCN(C(=O)CCC(=O)OCC(=O)Nc2cccc(C)c2C)CC1. The van der Waals surface area contributed by atoms with Gasteiger partial charge in [-0.05, 0) is 31.0 Å². The van der Waals surface area contributed by atoms with Crippen molar-refractivity contribution in [1.29, 1.82) is 0 Å². The normalized spacial score (nSPS) is 13.8. The van der Waals surface area contributed by atoms with Crippen LogP contribution in [0.3, 0.4) is 0 Å². The molecule has 0 unspecified atom stereocenters. The highest BCUT2D eigenvalue weighted by molar-refractivity contribution is 5.93. The van der Waals surface area contributed by atoms with E-state index in [4.69, 9.17) is 4.74 Å². The summed E-state index contributed by atoms with van der Waals surface area (Å²) in [4.78, 5) is 50.6. The molecule has 0 aromatic heterocycles. The van der Waals surface area contributed by atoms with E-state index in [9.17, 15) is 19.2 Å². The van der Waals surface area contributed by atoms with Gasteiger partial charge in [-0.15, -0.1) is 0 Å². The zero-order chi connectivity index (χ0) is 20.7. The Morgan fingerprint density at radius 3 is 2.29 bits per heavy atom. The Kier molecular flexibility index (Phi) is 7.54. The number of hydrogen-bond donors (Lipinski definition) is 1. The first-order chi connectivity index (χ1) is 13.3. The van der Waals surface area contributed by atoms with Crippen molar-refractivity contribution in [3.8, 4) is 0 Å². The molecule has 3 amide bonds. The minimum absolute atomic E-state index is 0.00481. The molecule has 8 nitrogen and oxygen atoms in total. The molecular formula is C20H27N3O5. The fourth-order valence-electron chi connectivity index (χ4n) is 2.93. The largest absolute Gasteiger partial charge is 0.456 e. The third-order valence-corrected chi connectivity index (χ3v) is 4.86. The maximum atomic E-state index is 12.2. The highest BCUT2D eigenvalue weighted by Crippen LogP contribution is 2.17. The Labute approximate surface area is 164 Å². The molecule has 0 saturated carbocycles. The molecule has 1 saturated heterocycles. The number of anilines is 1. The molecule has 1 aliphatic heterocycles. The predicted octanol–water partition coefficient (Wildman–Crippen LogP) is 1.26. The number of aryl methyl sites for hydroxylation is 1. The van der Waals surface area contributed by atoms with E-state index in [-0.39, 0.29) is 24.7 Å². The van der Waals surface area contributed by atoms with Gasteiger partial charge in [-0.3, -0.25) is 19.2 Å². The molecule has 1 aromatic rings. The maximum absolute atomic E-state index is 12.2. The van der Waals surface area contributed by atoms with Crippen LogP contribution in [-0.4, -0.2) is 66.3 Å². The molecule has 0 atom stereocenters. The van der Waals surface area contributed by atoms with Gasteiger partial charge in [-0.25, -0.2) is 0 Å². The van der Waals surface area contributed by atoms with E-state index >= 15 is 0 Å². The number of benzene rings is 1. The number of nitrogens with one attached hydrogen (secondary N) is 1. The fraction of sp³-hybridized carbons (Fsp3) is 0.500. The number of piperazine rings is 1. The second-order valence-electron chi connectivity index (χ2n) is 6.84. The highest BCUT2D eigenvalue weighted by Gasteiger charge is 2.22. The van der Waals surface area contributed by atoms with Crippen LogP contribution >= 0.6 is 0 Å². The first kappa shape index (κ1) is 21.4. The highest BCUT2D eigenvalue weighted by atomic mass is 16.5. The smallest absolute Gasteiger partial charge is 0.306 e. The number of carbonyl (C=O) groups is 4. The summed E-state index contributed by atoms with van der Waals surface area (Å²) in [5, 5.41) is 2.71. The molecule has 8 heteroatoms. The van der Waals surface area contributed by atoms with Crippen molar-refractivity contribution in [2.24, 2.45) is 0 Å². The number of amides is 3. The molecule has 1 aliphatic rings. The van der Waals surface area contributed by atoms with E-state index in [1.54, 1.807) is 15.9 Å². The van der Waals surface area contributed by atoms with Crippen molar-refractivity contribution in [1.82, 2.24) is 9.80 Å². The van der Waals surface area contributed by atoms with Crippen molar-refractivity contribution in [3.05, 3.63) is 29.3 Å². The predicted molar refractivity (Wildman–Crippen MR) is 104 cm³/mol. The van der Waals surface area contributed by atoms with Gasteiger partial charge in [-0.1, -0.05) is 12.1 Å². The molecule has 1 N–H and O–H groups in total. The van der Waals surface area contributed by atoms with Crippen LogP contribution in [0.5, 0.6) is 0 Å². The topological polar surface area (TPSA) is 96.0 Å². The van der Waals surface area contributed by atoms with Gasteiger partial charge in [0.15, 0.2) is 6.61 Å². The minimum atomic E-state index is -0.591. The monoisotopic (exact) mass is 389 g/mol. The van der Waals surface area contributed by atoms with E-state index in [1.165, 1.54) is 6.92 Å². The maximum Gasteiger partial charge on any atom is 0.306 e. The summed E-state index contributed by atoms with van der Waals surface area (Å²) in [6.07, 6.45) is -0.0555. The van der Waals surface area contributed by atoms with Crippen LogP contribution in [0.2, 0.25) is 0 Å². The molecule has 1 aromatic carbocycles. The van der Waals surface area contributed by atoms with Crippen LogP contribution < -0.4 is 5.32 Å². The molecule has 0 aliphatic carbocycles. The number of hydrogen-bond acceptors (Lipinski definition) is 5. The number of ether oxygens (including phenoxy) is 1. The van der Waals surface area contributed by atoms with Crippen molar-refractivity contribution in [2.45, 2.75) is 33.6 Å². The van der Waals surface area contributed by atoms with E-state index < -0.39 is 18.5 Å². The summed E-state index contributed by atoms with van der Waals surface area (Å²) >= 11 is 0. The van der Waals surface area contributed by atoms with Crippen molar-refractivity contribution in [3.63, 3.8) is 0 Å². The molecule has 1 fully saturated rings. The Bertz CT molecular complexity index is 754. The van der Waals surface area contributed by atoms with Crippen LogP contribution in [0.25, 0.3) is 0 Å². The average Bonchev–Trinajstić information content (AvgIpc) is 2.68. The van der Waals surface area contributed by atoms with Gasteiger partial charge in [0.05, 0.1) is 6.42 Å². The Morgan fingerprint density at radius 1 is 1.00 bits per heavy atom. The van der Waals surface area contributed by atoms with Crippen LogP contribution in [0, 0.1) is 13.8 Å². The lowest BCUT2D eigenvalue weighted by Gasteiger charge is -2.34. The van der Waals surface area contributed by atoms with E-state index in [0.717, 1.165) is 11.1 Å². The van der Waals surface area contributed by atoms with Gasteiger partial charge in [0.2, 0.25) is 11.8 Å². The minimum Gasteiger partial charge on any atom is -0.456 e. The number of nitrogens with zero attached hydrogens (tertiary/aromatic N) is 2. The Morgan fingerprint density at radius 2 is 1.64 bits per heavy atom. The quantitative estimate of drug-likeness (QED) is 0.739. The number of rotatable bonds is 6. The Balaban J connectivity index is 1.68. The summed E-state index contributed by atoms with van der Waals surface area (Å²) in [6, 6.07) is 5.57. The van der Waals surface area contributed by atoms with Crippen molar-refractivity contribution in [2.75, 3.05) is 38.1 Å². The average molecular weight is 389 g/mol. The number of esters is 1. The summed E-state index contributed by atoms with van der Waals surface area (Å²) < 4.78 is 4.96. The second-order valence-corrected chi connectivity index (χ2v) is 6.84. The van der Waals surface area contributed by atoms with Gasteiger partial charge in [-0.2, -0.15) is 0 Å². The van der Waals surface area contributed by atoms with E-state index in [2.05, 4.69) is 5.32 Å². The fourth-order valence-corrected chi connectivity index (χ4v) is 2.93. The molecule has 0 spiro atoms. The van der Waals surface area contributed by atoms with Crippen LogP contribution in [0.4, 0.5) is 5.69 Å². The van der Waals surface area contributed by atoms with Crippen LogP contribution in [0.1, 0.15) is 30.9 Å². The molecule has 28 heavy (non-hydrogen) atoms. The zero-order valence-electron chi connectivity index (χ0n) is 16.6. The molecular weight excluding hydrogens is 362 g/mol. The van der Waals surface area contributed by atoms with Crippen molar-refractivity contribution < 1.29 is 23.9 Å². The summed E-state index contributed by atoms with van der Waals surface area (Å²) in [7, 11) is 0. The van der Waals surface area contributed by atoms with Gasteiger partial charge in [0, 0.05) is 45.2 Å².